The van der Waals surface area contributed by atoms with E-state index in [1.165, 1.54) is 23.7 Å². The van der Waals surface area contributed by atoms with E-state index in [4.69, 9.17) is 0 Å². The number of hydrogen-bond donors (Lipinski definition) is 1. The monoisotopic (exact) mass is 397 g/mol. The van der Waals surface area contributed by atoms with Crippen LogP contribution in [0, 0.1) is 5.82 Å². The van der Waals surface area contributed by atoms with Crippen molar-refractivity contribution >= 4 is 22.6 Å². The molecule has 1 aromatic carbocycles. The molecule has 1 amide bonds. The molecule has 1 atom stereocenters. The number of carbonyl (C=O) groups is 1. The van der Waals surface area contributed by atoms with Gasteiger partial charge in [-0.3, -0.25) is 9.78 Å². The van der Waals surface area contributed by atoms with Crippen LogP contribution in [-0.4, -0.2) is 32.8 Å². The van der Waals surface area contributed by atoms with Gasteiger partial charge >= 0.3 is 0 Å². The Balaban J connectivity index is 1.39. The minimum atomic E-state index is -0.257. The standard InChI is InChI=1S/C20H20FN5OS/c21-15-8-6-14(7-9-15)12-18-24-20(28-25-18)26-11-3-5-17(26)19(27)23-13-16-4-1-2-10-22-16/h1-2,4,6-10,17H,3,5,11-13H2,(H,23,27). The number of nitrogens with one attached hydrogen (secondary N) is 1. The van der Waals surface area contributed by atoms with E-state index in [2.05, 4.69) is 19.7 Å². The zero-order valence-corrected chi connectivity index (χ0v) is 16.0. The summed E-state index contributed by atoms with van der Waals surface area (Å²) in [7, 11) is 0. The third-order valence-corrected chi connectivity index (χ3v) is 5.50. The summed E-state index contributed by atoms with van der Waals surface area (Å²) >= 11 is 1.30. The number of pyridine rings is 1. The highest BCUT2D eigenvalue weighted by Crippen LogP contribution is 2.27. The van der Waals surface area contributed by atoms with E-state index < -0.39 is 0 Å². The lowest BCUT2D eigenvalue weighted by Gasteiger charge is -2.22. The van der Waals surface area contributed by atoms with Crippen molar-refractivity contribution in [3.8, 4) is 0 Å². The molecule has 1 unspecified atom stereocenters. The van der Waals surface area contributed by atoms with Gasteiger partial charge in [0.1, 0.15) is 17.7 Å². The van der Waals surface area contributed by atoms with Gasteiger partial charge in [-0.2, -0.15) is 4.37 Å². The van der Waals surface area contributed by atoms with Gasteiger partial charge in [-0.05, 0) is 42.7 Å². The van der Waals surface area contributed by atoms with Crippen LogP contribution in [0.3, 0.4) is 0 Å². The van der Waals surface area contributed by atoms with Crippen molar-refractivity contribution in [3.63, 3.8) is 0 Å². The number of hydrogen-bond acceptors (Lipinski definition) is 6. The van der Waals surface area contributed by atoms with Gasteiger partial charge in [-0.1, -0.05) is 18.2 Å². The van der Waals surface area contributed by atoms with Gasteiger partial charge in [-0.25, -0.2) is 9.37 Å². The highest BCUT2D eigenvalue weighted by atomic mass is 32.1. The maximum absolute atomic E-state index is 13.0. The van der Waals surface area contributed by atoms with Gasteiger partial charge in [0.05, 0.1) is 12.2 Å². The molecule has 1 N–H and O–H groups in total. The molecule has 6 nitrogen and oxygen atoms in total. The Morgan fingerprint density at radius 1 is 1.25 bits per heavy atom. The molecule has 0 saturated carbocycles. The van der Waals surface area contributed by atoms with Crippen molar-refractivity contribution in [2.45, 2.75) is 31.8 Å². The summed E-state index contributed by atoms with van der Waals surface area (Å²) in [6.45, 7) is 1.20. The molecule has 4 rings (SSSR count). The van der Waals surface area contributed by atoms with E-state index in [-0.39, 0.29) is 17.8 Å². The number of amides is 1. The van der Waals surface area contributed by atoms with Crippen molar-refractivity contribution in [2.75, 3.05) is 11.4 Å². The first-order chi connectivity index (χ1) is 13.7. The molecule has 3 aromatic rings. The fourth-order valence-electron chi connectivity index (χ4n) is 3.28. The van der Waals surface area contributed by atoms with E-state index in [9.17, 15) is 9.18 Å². The first-order valence-corrected chi connectivity index (χ1v) is 9.98. The molecule has 28 heavy (non-hydrogen) atoms. The fourth-order valence-corrected chi connectivity index (χ4v) is 4.05. The van der Waals surface area contributed by atoms with Crippen LogP contribution >= 0.6 is 11.5 Å². The molecule has 0 radical (unpaired) electrons. The first kappa shape index (κ1) is 18.5. The average molecular weight is 397 g/mol. The van der Waals surface area contributed by atoms with E-state index in [0.29, 0.717) is 18.8 Å². The molecule has 1 fully saturated rings. The Morgan fingerprint density at radius 3 is 2.89 bits per heavy atom. The number of carbonyl (C=O) groups excluding carboxylic acids is 1. The molecule has 1 saturated heterocycles. The van der Waals surface area contributed by atoms with Crippen LogP contribution in [0.2, 0.25) is 0 Å². The summed E-state index contributed by atoms with van der Waals surface area (Å²) < 4.78 is 17.5. The van der Waals surface area contributed by atoms with E-state index in [1.807, 2.05) is 23.1 Å². The van der Waals surface area contributed by atoms with Gasteiger partial charge in [0.25, 0.3) is 0 Å². The lowest BCUT2D eigenvalue weighted by atomic mass is 10.1. The highest BCUT2D eigenvalue weighted by molar-refractivity contribution is 7.09. The van der Waals surface area contributed by atoms with E-state index in [0.717, 1.165) is 35.8 Å². The number of rotatable bonds is 6. The SMILES string of the molecule is O=C(NCc1ccccn1)C1CCCN1c1nc(Cc2ccc(F)cc2)ns1. The Hall–Kier alpha value is -2.87. The molecule has 8 heteroatoms. The lowest BCUT2D eigenvalue weighted by molar-refractivity contribution is -0.122. The van der Waals surface area contributed by atoms with Gasteiger partial charge in [0.2, 0.25) is 11.0 Å². The van der Waals surface area contributed by atoms with Crippen molar-refractivity contribution in [1.29, 1.82) is 0 Å². The largest absolute Gasteiger partial charge is 0.349 e. The third kappa shape index (κ3) is 4.33. The molecular weight excluding hydrogens is 377 g/mol. The molecule has 0 aliphatic carbocycles. The lowest BCUT2D eigenvalue weighted by Crippen LogP contribution is -2.43. The van der Waals surface area contributed by atoms with Crippen LogP contribution in [-0.2, 0) is 17.8 Å². The predicted octanol–water partition coefficient (Wildman–Crippen LogP) is 2.95. The minimum absolute atomic E-state index is 0.0153. The van der Waals surface area contributed by atoms with Gasteiger partial charge in [0, 0.05) is 30.7 Å². The predicted molar refractivity (Wildman–Crippen MR) is 106 cm³/mol. The number of aromatic nitrogens is 3. The second kappa shape index (κ2) is 8.43. The van der Waals surface area contributed by atoms with Crippen molar-refractivity contribution < 1.29 is 9.18 Å². The Labute approximate surface area is 166 Å². The van der Waals surface area contributed by atoms with Gasteiger partial charge < -0.3 is 10.2 Å². The fraction of sp³-hybridized carbons (Fsp3) is 0.300. The molecule has 0 bridgehead atoms. The van der Waals surface area contributed by atoms with Crippen LogP contribution in [0.4, 0.5) is 9.52 Å². The Kier molecular flexibility index (Phi) is 5.57. The molecule has 0 spiro atoms. The van der Waals surface area contributed by atoms with Crippen LogP contribution in [0.1, 0.15) is 29.9 Å². The van der Waals surface area contributed by atoms with Crippen LogP contribution in [0.15, 0.2) is 48.7 Å². The quantitative estimate of drug-likeness (QED) is 0.693. The summed E-state index contributed by atoms with van der Waals surface area (Å²) in [5, 5.41) is 3.73. The van der Waals surface area contributed by atoms with Crippen molar-refractivity contribution in [3.05, 3.63) is 71.6 Å². The number of halogens is 1. The van der Waals surface area contributed by atoms with Crippen LogP contribution in [0.5, 0.6) is 0 Å². The summed E-state index contributed by atoms with van der Waals surface area (Å²) in [5.74, 6) is 0.414. The number of benzene rings is 1. The third-order valence-electron chi connectivity index (χ3n) is 4.70. The molecular formula is C20H20FN5OS. The van der Waals surface area contributed by atoms with Crippen molar-refractivity contribution in [2.24, 2.45) is 0 Å². The second-order valence-electron chi connectivity index (χ2n) is 6.69. The summed E-state index contributed by atoms with van der Waals surface area (Å²) in [5.41, 5.74) is 1.79. The maximum atomic E-state index is 13.0. The van der Waals surface area contributed by atoms with Gasteiger partial charge in [-0.15, -0.1) is 0 Å². The van der Waals surface area contributed by atoms with Crippen LogP contribution in [0.25, 0.3) is 0 Å². The normalized spacial score (nSPS) is 16.3. The summed E-state index contributed by atoms with van der Waals surface area (Å²) in [4.78, 5) is 23.5. The first-order valence-electron chi connectivity index (χ1n) is 9.20. The molecule has 1 aliphatic heterocycles. The zero-order chi connectivity index (χ0) is 19.3. The maximum Gasteiger partial charge on any atom is 0.243 e. The zero-order valence-electron chi connectivity index (χ0n) is 15.2. The van der Waals surface area contributed by atoms with Crippen molar-refractivity contribution in [1.82, 2.24) is 19.7 Å². The highest BCUT2D eigenvalue weighted by Gasteiger charge is 2.32. The topological polar surface area (TPSA) is 71.0 Å². The Morgan fingerprint density at radius 2 is 2.11 bits per heavy atom. The van der Waals surface area contributed by atoms with E-state index in [1.54, 1.807) is 18.3 Å². The molecule has 2 aromatic heterocycles. The Bertz CT molecular complexity index is 931. The van der Waals surface area contributed by atoms with E-state index >= 15 is 0 Å². The van der Waals surface area contributed by atoms with Crippen LogP contribution < -0.4 is 10.2 Å². The second-order valence-corrected chi connectivity index (χ2v) is 7.42. The number of nitrogens with zero attached hydrogens (tertiary/aromatic N) is 4. The molecule has 3 heterocycles. The summed E-state index contributed by atoms with van der Waals surface area (Å²) in [6, 6.07) is 11.7. The average Bonchev–Trinajstić information content (AvgIpc) is 3.38. The smallest absolute Gasteiger partial charge is 0.243 e. The summed E-state index contributed by atoms with van der Waals surface area (Å²) in [6.07, 6.45) is 3.99. The minimum Gasteiger partial charge on any atom is -0.349 e. The molecule has 144 valence electrons. The molecule has 1 aliphatic rings. The van der Waals surface area contributed by atoms with Gasteiger partial charge in [0.15, 0.2) is 0 Å². The number of anilines is 1.